The van der Waals surface area contributed by atoms with Gasteiger partial charge in [0.15, 0.2) is 0 Å². The number of rotatable bonds is 5. The van der Waals surface area contributed by atoms with Gasteiger partial charge in [0.05, 0.1) is 18.9 Å². The van der Waals surface area contributed by atoms with Gasteiger partial charge in [0.1, 0.15) is 5.69 Å². The molecule has 0 unspecified atom stereocenters. The topological polar surface area (TPSA) is 81.7 Å². The van der Waals surface area contributed by atoms with Crippen molar-refractivity contribution in [3.63, 3.8) is 0 Å². The highest BCUT2D eigenvalue weighted by molar-refractivity contribution is 5.88. The van der Waals surface area contributed by atoms with E-state index >= 15 is 0 Å². The van der Waals surface area contributed by atoms with Crippen molar-refractivity contribution in [2.45, 2.75) is 18.6 Å². The highest BCUT2D eigenvalue weighted by Crippen LogP contribution is 2.24. The first-order chi connectivity index (χ1) is 9.43. The Kier molecular flexibility index (Phi) is 4.42. The highest BCUT2D eigenvalue weighted by atomic mass is 16.5. The Morgan fingerprint density at radius 3 is 3.05 bits per heavy atom. The van der Waals surface area contributed by atoms with Crippen LogP contribution in [0.3, 0.4) is 0 Å². The van der Waals surface area contributed by atoms with Crippen LogP contribution in [0.5, 0.6) is 0 Å². The fourth-order valence-electron chi connectivity index (χ4n) is 2.74. The minimum absolute atomic E-state index is 0.385. The minimum atomic E-state index is -0.682. The molecule has 0 radical (unpaired) electrons. The number of β-amino-alcohol motifs (C(OH)–C–C–N with tert-alkyl or cyclic N) is 1. The van der Waals surface area contributed by atoms with Crippen LogP contribution in [0.25, 0.3) is 0 Å². The molecule has 7 heteroatoms. The van der Waals surface area contributed by atoms with E-state index in [0.717, 1.165) is 18.5 Å². The summed E-state index contributed by atoms with van der Waals surface area (Å²) in [5, 5.41) is 17.0. The van der Waals surface area contributed by atoms with Crippen LogP contribution < -0.4 is 0 Å². The summed E-state index contributed by atoms with van der Waals surface area (Å²) in [4.78, 5) is 15.7. The highest BCUT2D eigenvalue weighted by Gasteiger charge is 2.36. The second-order valence-corrected chi connectivity index (χ2v) is 5.68. The van der Waals surface area contributed by atoms with Crippen LogP contribution in [0, 0.1) is 0 Å². The number of hydrogen-bond acceptors (Lipinski definition) is 6. The van der Waals surface area contributed by atoms with Crippen molar-refractivity contribution in [3.8, 4) is 0 Å². The van der Waals surface area contributed by atoms with Crippen molar-refractivity contribution >= 4 is 5.97 Å². The first-order valence-corrected chi connectivity index (χ1v) is 6.63. The third kappa shape index (κ3) is 3.36. The molecule has 7 nitrogen and oxygen atoms in total. The minimum Gasteiger partial charge on any atom is -0.464 e. The molecule has 0 bridgehead atoms. The Labute approximate surface area is 118 Å². The van der Waals surface area contributed by atoms with Crippen LogP contribution in [0.2, 0.25) is 0 Å². The molecule has 1 atom stereocenters. The number of aromatic amines is 1. The van der Waals surface area contributed by atoms with E-state index < -0.39 is 11.6 Å². The van der Waals surface area contributed by atoms with Crippen LogP contribution >= 0.6 is 0 Å². The molecular weight excluding hydrogens is 260 g/mol. The normalized spacial score (nSPS) is 23.4. The maximum atomic E-state index is 11.6. The molecule has 0 aliphatic carbocycles. The first-order valence-electron chi connectivity index (χ1n) is 6.63. The quantitative estimate of drug-likeness (QED) is 0.721. The number of likely N-dealkylation sites (N-methyl/N-ethyl adjacent to an activating group) is 1. The predicted octanol–water partition coefficient (Wildman–Crippen LogP) is -0.305. The number of aliphatic hydroxyl groups is 1. The van der Waals surface area contributed by atoms with Crippen molar-refractivity contribution < 1.29 is 14.6 Å². The molecule has 1 aliphatic rings. The van der Waals surface area contributed by atoms with Gasteiger partial charge in [-0.15, -0.1) is 0 Å². The lowest BCUT2D eigenvalue weighted by Gasteiger charge is -2.26. The summed E-state index contributed by atoms with van der Waals surface area (Å²) in [5.74, 6) is -0.416. The van der Waals surface area contributed by atoms with Gasteiger partial charge in [0.2, 0.25) is 0 Å². The molecule has 1 fully saturated rings. The molecule has 0 saturated carbocycles. The zero-order chi connectivity index (χ0) is 14.8. The standard InChI is InChI=1S/C13H22N4O3/c1-16(2)8-13(19)4-5-17(9-13)7-10-6-14-15-11(10)12(18)20-3/h6,19H,4-5,7-9H2,1-3H3,(H,14,15)/t13-/m1/s1. The van der Waals surface area contributed by atoms with Gasteiger partial charge in [-0.25, -0.2) is 4.79 Å². The number of H-pyrrole nitrogens is 1. The number of methoxy groups -OCH3 is 1. The zero-order valence-corrected chi connectivity index (χ0v) is 12.2. The summed E-state index contributed by atoms with van der Waals surface area (Å²) < 4.78 is 4.71. The van der Waals surface area contributed by atoms with Gasteiger partial charge in [0, 0.05) is 31.7 Å². The Hall–Kier alpha value is -1.44. The lowest BCUT2D eigenvalue weighted by Crippen LogP contribution is -2.42. The lowest BCUT2D eigenvalue weighted by atomic mass is 10.0. The van der Waals surface area contributed by atoms with E-state index in [0.29, 0.717) is 25.3 Å². The van der Waals surface area contributed by atoms with E-state index in [1.165, 1.54) is 7.11 Å². The number of carbonyl (C=O) groups is 1. The number of nitrogens with one attached hydrogen (secondary N) is 1. The van der Waals surface area contributed by atoms with Crippen LogP contribution in [0.1, 0.15) is 22.5 Å². The molecule has 1 aromatic rings. The van der Waals surface area contributed by atoms with Crippen molar-refractivity contribution in [2.24, 2.45) is 0 Å². The smallest absolute Gasteiger partial charge is 0.356 e. The SMILES string of the molecule is COC(=O)c1[nH]ncc1CN1CC[C@@](O)(CN(C)C)C1. The third-order valence-electron chi connectivity index (χ3n) is 3.52. The molecule has 1 aromatic heterocycles. The summed E-state index contributed by atoms with van der Waals surface area (Å²) in [6.07, 6.45) is 2.37. The van der Waals surface area contributed by atoms with Gasteiger partial charge >= 0.3 is 5.97 Å². The maximum absolute atomic E-state index is 11.6. The molecule has 0 aromatic carbocycles. The second kappa shape index (κ2) is 5.90. The van der Waals surface area contributed by atoms with Gasteiger partial charge in [-0.1, -0.05) is 0 Å². The lowest BCUT2D eigenvalue weighted by molar-refractivity contribution is 0.0240. The molecule has 2 heterocycles. The molecule has 0 spiro atoms. The van der Waals surface area contributed by atoms with Crippen LogP contribution in [-0.2, 0) is 11.3 Å². The van der Waals surface area contributed by atoms with Gasteiger partial charge in [-0.05, 0) is 20.5 Å². The van der Waals surface area contributed by atoms with Gasteiger partial charge < -0.3 is 14.7 Å². The van der Waals surface area contributed by atoms with Crippen molar-refractivity contribution in [3.05, 3.63) is 17.5 Å². The van der Waals surface area contributed by atoms with Crippen LogP contribution in [-0.4, -0.2) is 77.5 Å². The summed E-state index contributed by atoms with van der Waals surface area (Å²) >= 11 is 0. The summed E-state index contributed by atoms with van der Waals surface area (Å²) in [6, 6.07) is 0. The number of carbonyl (C=O) groups excluding carboxylic acids is 1. The number of nitrogens with zero attached hydrogens (tertiary/aromatic N) is 3. The first kappa shape index (κ1) is 15.0. The largest absolute Gasteiger partial charge is 0.464 e. The van der Waals surface area contributed by atoms with Gasteiger partial charge in [-0.3, -0.25) is 10.00 Å². The number of hydrogen-bond donors (Lipinski definition) is 2. The fraction of sp³-hybridized carbons (Fsp3) is 0.692. The Balaban J connectivity index is 1.99. The Morgan fingerprint density at radius 2 is 2.40 bits per heavy atom. The molecular formula is C13H22N4O3. The third-order valence-corrected chi connectivity index (χ3v) is 3.52. The van der Waals surface area contributed by atoms with Crippen molar-refractivity contribution in [1.82, 2.24) is 20.0 Å². The summed E-state index contributed by atoms with van der Waals surface area (Å²) in [6.45, 7) is 2.61. The van der Waals surface area contributed by atoms with E-state index in [9.17, 15) is 9.90 Å². The molecule has 1 saturated heterocycles. The van der Waals surface area contributed by atoms with Crippen LogP contribution in [0.15, 0.2) is 6.20 Å². The molecule has 0 amide bonds. The van der Waals surface area contributed by atoms with E-state index in [1.54, 1.807) is 6.20 Å². The van der Waals surface area contributed by atoms with Gasteiger partial charge in [0.25, 0.3) is 0 Å². The predicted molar refractivity (Wildman–Crippen MR) is 73.3 cm³/mol. The van der Waals surface area contributed by atoms with Crippen LogP contribution in [0.4, 0.5) is 0 Å². The van der Waals surface area contributed by atoms with Gasteiger partial charge in [-0.2, -0.15) is 5.10 Å². The number of esters is 1. The monoisotopic (exact) mass is 282 g/mol. The summed E-state index contributed by atoms with van der Waals surface area (Å²) in [5.41, 5.74) is 0.500. The maximum Gasteiger partial charge on any atom is 0.356 e. The summed E-state index contributed by atoms with van der Waals surface area (Å²) in [7, 11) is 5.25. The molecule has 112 valence electrons. The van der Waals surface area contributed by atoms with E-state index in [-0.39, 0.29) is 0 Å². The van der Waals surface area contributed by atoms with Crippen molar-refractivity contribution in [2.75, 3.05) is 40.8 Å². The second-order valence-electron chi connectivity index (χ2n) is 5.68. The molecule has 2 N–H and O–H groups in total. The number of aromatic nitrogens is 2. The molecule has 2 rings (SSSR count). The van der Waals surface area contributed by atoms with E-state index in [4.69, 9.17) is 4.74 Å². The molecule has 1 aliphatic heterocycles. The number of ether oxygens (including phenoxy) is 1. The van der Waals surface area contributed by atoms with Crippen molar-refractivity contribution in [1.29, 1.82) is 0 Å². The Morgan fingerprint density at radius 1 is 1.65 bits per heavy atom. The Bertz CT molecular complexity index is 474. The zero-order valence-electron chi connectivity index (χ0n) is 12.2. The average molecular weight is 282 g/mol. The van der Waals surface area contributed by atoms with E-state index in [2.05, 4.69) is 15.1 Å². The molecule has 20 heavy (non-hydrogen) atoms. The van der Waals surface area contributed by atoms with E-state index in [1.807, 2.05) is 19.0 Å². The fourth-order valence-corrected chi connectivity index (χ4v) is 2.74. The number of likely N-dealkylation sites (tertiary alicyclic amines) is 1. The average Bonchev–Trinajstić information content (AvgIpc) is 2.95.